The van der Waals surface area contributed by atoms with Gasteiger partial charge in [-0.05, 0) is 45.6 Å². The van der Waals surface area contributed by atoms with Gasteiger partial charge in [0, 0.05) is 29.3 Å². The molecule has 2 bridgehead atoms. The van der Waals surface area contributed by atoms with Gasteiger partial charge in [-0.3, -0.25) is 4.79 Å². The van der Waals surface area contributed by atoms with E-state index >= 15 is 0 Å². The molecule has 2 fully saturated rings. The maximum absolute atomic E-state index is 11.9. The fourth-order valence-electron chi connectivity index (χ4n) is 4.07. The molecule has 2 saturated heterocycles. The second kappa shape index (κ2) is 4.38. The summed E-state index contributed by atoms with van der Waals surface area (Å²) in [5, 5.41) is 1.25. The van der Waals surface area contributed by atoms with E-state index in [9.17, 15) is 4.79 Å². The van der Waals surface area contributed by atoms with Gasteiger partial charge in [0.05, 0.1) is 5.01 Å². The van der Waals surface area contributed by atoms with E-state index in [0.29, 0.717) is 12.3 Å². The van der Waals surface area contributed by atoms with E-state index in [-0.39, 0.29) is 5.78 Å². The summed E-state index contributed by atoms with van der Waals surface area (Å²) in [4.78, 5) is 20.5. The number of aryl methyl sites for hydroxylation is 1. The van der Waals surface area contributed by atoms with Crippen molar-refractivity contribution in [1.82, 2.24) is 9.88 Å². The molecule has 19 heavy (non-hydrogen) atoms. The number of thiazole rings is 1. The molecule has 2 aliphatic heterocycles. The van der Waals surface area contributed by atoms with Crippen molar-refractivity contribution in [2.24, 2.45) is 0 Å². The Morgan fingerprint density at radius 3 is 2.63 bits per heavy atom. The Balaban J connectivity index is 1.62. The van der Waals surface area contributed by atoms with Crippen LogP contribution in [0.25, 0.3) is 0 Å². The smallest absolute Gasteiger partial charge is 0.182 e. The minimum atomic E-state index is 0.277. The first-order valence-electron chi connectivity index (χ1n) is 7.47. The lowest BCUT2D eigenvalue weighted by Gasteiger charge is -2.35. The predicted molar refractivity (Wildman–Crippen MR) is 75.9 cm³/mol. The van der Waals surface area contributed by atoms with Crippen LogP contribution in [-0.2, 0) is 6.42 Å². The van der Waals surface area contributed by atoms with E-state index in [1.165, 1.54) is 35.6 Å². The van der Waals surface area contributed by atoms with Gasteiger partial charge in [0.15, 0.2) is 5.78 Å². The molecule has 102 valence electrons. The number of fused-ring (bicyclic) bond motifs is 3. The van der Waals surface area contributed by atoms with Crippen molar-refractivity contribution in [3.63, 3.8) is 0 Å². The Morgan fingerprint density at radius 2 is 1.95 bits per heavy atom. The molecule has 2 unspecified atom stereocenters. The zero-order valence-electron chi connectivity index (χ0n) is 11.4. The van der Waals surface area contributed by atoms with E-state index < -0.39 is 0 Å². The highest BCUT2D eigenvalue weighted by Crippen LogP contribution is 2.44. The maximum Gasteiger partial charge on any atom is 0.182 e. The van der Waals surface area contributed by atoms with Gasteiger partial charge in [-0.15, -0.1) is 11.3 Å². The third-order valence-corrected chi connectivity index (χ3v) is 6.51. The third-order valence-electron chi connectivity index (χ3n) is 5.23. The molecule has 0 radical (unpaired) electrons. The average Bonchev–Trinajstić information content (AvgIpc) is 2.89. The van der Waals surface area contributed by atoms with Gasteiger partial charge < -0.3 is 4.90 Å². The summed E-state index contributed by atoms with van der Waals surface area (Å²) in [6.45, 7) is 0. The zero-order valence-corrected chi connectivity index (χ0v) is 12.2. The highest BCUT2D eigenvalue weighted by atomic mass is 32.1. The second-order valence-corrected chi connectivity index (χ2v) is 7.43. The lowest BCUT2D eigenvalue weighted by atomic mass is 9.91. The molecule has 0 amide bonds. The molecule has 3 heterocycles. The topological polar surface area (TPSA) is 33.2 Å². The Bertz CT molecular complexity index is 510. The lowest BCUT2D eigenvalue weighted by Crippen LogP contribution is -2.39. The number of aromatic nitrogens is 1. The molecule has 4 rings (SSSR count). The standard InChI is InChI=1S/C15H20N2OS/c1-17-10-5-6-11(17)8-9(7-10)15-16-14-12(18)3-2-4-13(14)19-15/h9-11H,2-8H2,1H3. The summed E-state index contributed by atoms with van der Waals surface area (Å²) in [5.74, 6) is 0.886. The zero-order chi connectivity index (χ0) is 13.0. The van der Waals surface area contributed by atoms with Crippen LogP contribution in [0, 0.1) is 0 Å². The summed E-state index contributed by atoms with van der Waals surface area (Å²) in [7, 11) is 2.27. The van der Waals surface area contributed by atoms with Gasteiger partial charge in [-0.25, -0.2) is 4.98 Å². The number of piperidine rings is 1. The number of ketones is 1. The highest BCUT2D eigenvalue weighted by Gasteiger charge is 2.40. The molecule has 3 nitrogen and oxygen atoms in total. The SMILES string of the molecule is CN1C2CCC1CC(c1nc3c(s1)CCCC3=O)C2. The molecule has 4 heteroatoms. The first kappa shape index (κ1) is 12.0. The van der Waals surface area contributed by atoms with Gasteiger partial charge in [-0.2, -0.15) is 0 Å². The Labute approximate surface area is 118 Å². The van der Waals surface area contributed by atoms with Gasteiger partial charge >= 0.3 is 0 Å². The number of Topliss-reactive ketones (excluding diaryl/α,β-unsaturated/α-hetero) is 1. The maximum atomic E-state index is 11.9. The van der Waals surface area contributed by atoms with Crippen molar-refractivity contribution < 1.29 is 4.79 Å². The normalized spacial score (nSPS) is 34.6. The number of rotatable bonds is 1. The Hall–Kier alpha value is -0.740. The summed E-state index contributed by atoms with van der Waals surface area (Å²) >= 11 is 1.83. The summed E-state index contributed by atoms with van der Waals surface area (Å²) in [6, 6.07) is 1.50. The first-order valence-corrected chi connectivity index (χ1v) is 8.28. The Kier molecular flexibility index (Phi) is 2.78. The van der Waals surface area contributed by atoms with Crippen molar-refractivity contribution in [3.05, 3.63) is 15.6 Å². The number of carbonyl (C=O) groups excluding carboxylic acids is 1. The minimum absolute atomic E-state index is 0.277. The second-order valence-electron chi connectivity index (χ2n) is 6.32. The molecule has 0 N–H and O–H groups in total. The van der Waals surface area contributed by atoms with Crippen LogP contribution in [-0.4, -0.2) is 34.8 Å². The molecule has 1 aromatic heterocycles. The molecular formula is C15H20N2OS. The van der Waals surface area contributed by atoms with E-state index in [0.717, 1.165) is 30.6 Å². The van der Waals surface area contributed by atoms with Crippen LogP contribution >= 0.6 is 11.3 Å². The number of hydrogen-bond donors (Lipinski definition) is 0. The number of nitrogens with zero attached hydrogens (tertiary/aromatic N) is 2. The largest absolute Gasteiger partial charge is 0.300 e. The molecule has 0 spiro atoms. The summed E-state index contributed by atoms with van der Waals surface area (Å²) in [6.07, 6.45) is 7.98. The van der Waals surface area contributed by atoms with Crippen LogP contribution in [0.4, 0.5) is 0 Å². The predicted octanol–water partition coefficient (Wildman–Crippen LogP) is 3.00. The van der Waals surface area contributed by atoms with Crippen molar-refractivity contribution in [1.29, 1.82) is 0 Å². The van der Waals surface area contributed by atoms with Crippen LogP contribution in [0.1, 0.15) is 64.8 Å². The Morgan fingerprint density at radius 1 is 1.21 bits per heavy atom. The van der Waals surface area contributed by atoms with Crippen molar-refractivity contribution in [2.75, 3.05) is 7.05 Å². The van der Waals surface area contributed by atoms with E-state index in [1.54, 1.807) is 0 Å². The van der Waals surface area contributed by atoms with E-state index in [4.69, 9.17) is 4.98 Å². The van der Waals surface area contributed by atoms with Gasteiger partial charge in [-0.1, -0.05) is 0 Å². The van der Waals surface area contributed by atoms with Crippen molar-refractivity contribution in [2.45, 2.75) is 62.9 Å². The van der Waals surface area contributed by atoms with Crippen molar-refractivity contribution in [3.8, 4) is 0 Å². The number of hydrogen-bond acceptors (Lipinski definition) is 4. The molecule has 0 aromatic carbocycles. The van der Waals surface area contributed by atoms with E-state index in [2.05, 4.69) is 11.9 Å². The molecule has 3 aliphatic rings. The van der Waals surface area contributed by atoms with E-state index in [1.807, 2.05) is 11.3 Å². The minimum Gasteiger partial charge on any atom is -0.300 e. The molecular weight excluding hydrogens is 256 g/mol. The van der Waals surface area contributed by atoms with Crippen LogP contribution in [0.2, 0.25) is 0 Å². The summed E-state index contributed by atoms with van der Waals surface area (Å²) < 4.78 is 0. The molecule has 0 saturated carbocycles. The first-order chi connectivity index (χ1) is 9.22. The quantitative estimate of drug-likeness (QED) is 0.790. The molecule has 1 aromatic rings. The van der Waals surface area contributed by atoms with Crippen LogP contribution in [0.5, 0.6) is 0 Å². The van der Waals surface area contributed by atoms with Gasteiger partial charge in [0.2, 0.25) is 0 Å². The summed E-state index contributed by atoms with van der Waals surface area (Å²) in [5.41, 5.74) is 0.817. The monoisotopic (exact) mass is 276 g/mol. The fourth-order valence-corrected chi connectivity index (χ4v) is 5.32. The molecule has 2 atom stereocenters. The van der Waals surface area contributed by atoms with Crippen LogP contribution in [0.3, 0.4) is 0 Å². The van der Waals surface area contributed by atoms with Gasteiger partial charge in [0.1, 0.15) is 5.69 Å². The highest BCUT2D eigenvalue weighted by molar-refractivity contribution is 7.12. The van der Waals surface area contributed by atoms with Crippen molar-refractivity contribution >= 4 is 17.1 Å². The fraction of sp³-hybridized carbons (Fsp3) is 0.733. The average molecular weight is 276 g/mol. The van der Waals surface area contributed by atoms with Crippen LogP contribution in [0.15, 0.2) is 0 Å². The third kappa shape index (κ3) is 1.88. The molecule has 1 aliphatic carbocycles. The lowest BCUT2D eigenvalue weighted by molar-refractivity contribution is 0.0968. The number of carbonyl (C=O) groups is 1. The van der Waals surface area contributed by atoms with Gasteiger partial charge in [0.25, 0.3) is 0 Å². The van der Waals surface area contributed by atoms with Crippen LogP contribution < -0.4 is 0 Å².